The summed E-state index contributed by atoms with van der Waals surface area (Å²) in [4.78, 5) is 23.1. The first kappa shape index (κ1) is 12.6. The highest BCUT2D eigenvalue weighted by Gasteiger charge is 2.24. The Kier molecular flexibility index (Phi) is 2.56. The lowest BCUT2D eigenvalue weighted by Crippen LogP contribution is -1.99. The number of rotatable bonds is 2. The van der Waals surface area contributed by atoms with Gasteiger partial charge in [-0.2, -0.15) is 0 Å². The minimum Gasteiger partial charge on any atom is -0.280 e. The molecule has 0 amide bonds. The zero-order valence-electron chi connectivity index (χ0n) is 10.6. The maximum absolute atomic E-state index is 11.1. The molecule has 10 nitrogen and oxygen atoms in total. The van der Waals surface area contributed by atoms with E-state index in [0.29, 0.717) is 21.7 Å². The number of imidazole rings is 1. The van der Waals surface area contributed by atoms with E-state index in [-0.39, 0.29) is 16.7 Å². The van der Waals surface area contributed by atoms with Crippen molar-refractivity contribution in [3.63, 3.8) is 0 Å². The van der Waals surface area contributed by atoms with Gasteiger partial charge in [0.05, 0.1) is 16.8 Å². The van der Waals surface area contributed by atoms with Gasteiger partial charge in [0.2, 0.25) is 5.52 Å². The lowest BCUT2D eigenvalue weighted by Gasteiger charge is -2.06. The van der Waals surface area contributed by atoms with E-state index < -0.39 is 4.92 Å². The number of nitro benzene ring substituents is 1. The number of aromatic nitrogens is 6. The van der Waals surface area contributed by atoms with Crippen LogP contribution in [-0.4, -0.2) is 34.8 Å². The van der Waals surface area contributed by atoms with Crippen LogP contribution in [0.2, 0.25) is 0 Å². The van der Waals surface area contributed by atoms with Gasteiger partial charge in [0, 0.05) is 11.0 Å². The van der Waals surface area contributed by atoms with Crippen molar-refractivity contribution in [3.05, 3.63) is 35.0 Å². The van der Waals surface area contributed by atoms with Crippen LogP contribution in [0.5, 0.6) is 0 Å². The maximum Gasteiger partial charge on any atom is 0.302 e. The van der Waals surface area contributed by atoms with Crippen LogP contribution in [0.25, 0.3) is 27.9 Å². The van der Waals surface area contributed by atoms with Gasteiger partial charge in [-0.15, -0.1) is 12.6 Å². The van der Waals surface area contributed by atoms with Gasteiger partial charge in [-0.3, -0.25) is 14.7 Å². The van der Waals surface area contributed by atoms with Gasteiger partial charge in [-0.25, -0.2) is 19.6 Å². The standard InChI is InChI=1S/C11H5N7O3S/c19-18(20)6-1-7(22)10(9-8(6)15-21-16-9)17-4-14-5-2-12-3-13-11(5)17/h1-4,22H. The van der Waals surface area contributed by atoms with Crippen molar-refractivity contribution in [2.24, 2.45) is 0 Å². The van der Waals surface area contributed by atoms with Crippen LogP contribution in [0.4, 0.5) is 5.69 Å². The lowest BCUT2D eigenvalue weighted by atomic mass is 10.2. The number of fused-ring (bicyclic) bond motifs is 2. The molecule has 11 heteroatoms. The summed E-state index contributed by atoms with van der Waals surface area (Å²) >= 11 is 4.32. The zero-order chi connectivity index (χ0) is 15.3. The van der Waals surface area contributed by atoms with Gasteiger partial charge < -0.3 is 0 Å². The highest BCUT2D eigenvalue weighted by atomic mass is 32.1. The molecule has 0 aliphatic carbocycles. The smallest absolute Gasteiger partial charge is 0.280 e. The fourth-order valence-corrected chi connectivity index (χ4v) is 2.54. The Hall–Kier alpha value is -3.08. The number of non-ortho nitro benzene ring substituents is 1. The molecule has 22 heavy (non-hydrogen) atoms. The minimum absolute atomic E-state index is 0.0358. The van der Waals surface area contributed by atoms with Crippen LogP contribution in [0.3, 0.4) is 0 Å². The molecule has 0 saturated carbocycles. The first-order valence-electron chi connectivity index (χ1n) is 5.93. The van der Waals surface area contributed by atoms with Crippen LogP contribution < -0.4 is 0 Å². The van der Waals surface area contributed by atoms with Gasteiger partial charge in [0.1, 0.15) is 18.2 Å². The average molecular weight is 315 g/mol. The molecular weight excluding hydrogens is 310 g/mol. The Morgan fingerprint density at radius 3 is 2.91 bits per heavy atom. The van der Waals surface area contributed by atoms with Crippen molar-refractivity contribution >= 4 is 40.5 Å². The molecule has 0 aliphatic heterocycles. The van der Waals surface area contributed by atoms with Gasteiger partial charge in [-0.05, 0) is 10.3 Å². The highest BCUT2D eigenvalue weighted by molar-refractivity contribution is 7.80. The van der Waals surface area contributed by atoms with E-state index in [1.54, 1.807) is 10.8 Å². The fourth-order valence-electron chi connectivity index (χ4n) is 2.21. The number of nitrogens with zero attached hydrogens (tertiary/aromatic N) is 7. The summed E-state index contributed by atoms with van der Waals surface area (Å²) in [5, 5.41) is 18.5. The molecule has 3 aromatic heterocycles. The summed E-state index contributed by atoms with van der Waals surface area (Å²) in [6, 6.07) is 1.29. The Morgan fingerprint density at radius 1 is 1.27 bits per heavy atom. The minimum atomic E-state index is -0.565. The third-order valence-corrected chi connectivity index (χ3v) is 3.46. The zero-order valence-corrected chi connectivity index (χ0v) is 11.5. The van der Waals surface area contributed by atoms with Gasteiger partial charge in [0.25, 0.3) is 0 Å². The van der Waals surface area contributed by atoms with E-state index >= 15 is 0 Å². The number of thiol groups is 1. The van der Waals surface area contributed by atoms with Crippen molar-refractivity contribution in [1.29, 1.82) is 0 Å². The quantitative estimate of drug-likeness (QED) is 0.335. The molecular formula is C11H5N7O3S. The third-order valence-electron chi connectivity index (χ3n) is 3.12. The van der Waals surface area contributed by atoms with Gasteiger partial charge in [-0.1, -0.05) is 0 Å². The van der Waals surface area contributed by atoms with Crippen molar-refractivity contribution < 1.29 is 9.55 Å². The van der Waals surface area contributed by atoms with E-state index in [2.05, 4.69) is 42.5 Å². The molecule has 0 N–H and O–H groups in total. The summed E-state index contributed by atoms with van der Waals surface area (Å²) in [7, 11) is 0. The van der Waals surface area contributed by atoms with Crippen LogP contribution in [-0.2, 0) is 0 Å². The molecule has 0 bridgehead atoms. The summed E-state index contributed by atoms with van der Waals surface area (Å²) in [6.07, 6.45) is 4.44. The Morgan fingerprint density at radius 2 is 2.09 bits per heavy atom. The van der Waals surface area contributed by atoms with E-state index in [1.165, 1.54) is 18.7 Å². The maximum atomic E-state index is 11.1. The van der Waals surface area contributed by atoms with E-state index in [0.717, 1.165) is 0 Å². The number of nitro groups is 1. The summed E-state index contributed by atoms with van der Waals surface area (Å²) in [6.45, 7) is 0. The molecule has 108 valence electrons. The monoisotopic (exact) mass is 315 g/mol. The van der Waals surface area contributed by atoms with Crippen molar-refractivity contribution in [1.82, 2.24) is 29.8 Å². The normalized spacial score (nSPS) is 11.3. The third kappa shape index (κ3) is 1.65. The molecule has 0 aliphatic rings. The number of benzene rings is 1. The topological polar surface area (TPSA) is 126 Å². The number of hydrogen-bond donors (Lipinski definition) is 1. The first-order chi connectivity index (χ1) is 10.7. The van der Waals surface area contributed by atoms with Crippen molar-refractivity contribution in [2.75, 3.05) is 0 Å². The largest absolute Gasteiger partial charge is 0.302 e. The molecule has 4 aromatic rings. The SMILES string of the molecule is O=[N+]([O-])c1cc(S)c(-n2cnc3cncnc32)c2nonc12. The Bertz CT molecular complexity index is 1040. The van der Waals surface area contributed by atoms with Gasteiger partial charge in [0.15, 0.2) is 11.2 Å². The van der Waals surface area contributed by atoms with E-state index in [4.69, 9.17) is 0 Å². The van der Waals surface area contributed by atoms with Crippen LogP contribution in [0.15, 0.2) is 34.4 Å². The second-order valence-corrected chi connectivity index (χ2v) is 4.81. The van der Waals surface area contributed by atoms with Crippen molar-refractivity contribution in [3.8, 4) is 5.69 Å². The molecule has 0 saturated heterocycles. The average Bonchev–Trinajstić information content (AvgIpc) is 3.13. The lowest BCUT2D eigenvalue weighted by molar-refractivity contribution is -0.383. The summed E-state index contributed by atoms with van der Waals surface area (Å²) in [5.41, 5.74) is 1.54. The molecule has 3 heterocycles. The Labute approximate surface area is 126 Å². The first-order valence-corrected chi connectivity index (χ1v) is 6.37. The van der Waals surface area contributed by atoms with Crippen LogP contribution >= 0.6 is 12.6 Å². The summed E-state index contributed by atoms with van der Waals surface area (Å²) < 4.78 is 6.26. The molecule has 4 rings (SSSR count). The highest BCUT2D eigenvalue weighted by Crippen LogP contribution is 2.34. The fraction of sp³-hybridized carbons (Fsp3) is 0. The predicted molar refractivity (Wildman–Crippen MR) is 75.9 cm³/mol. The molecule has 0 atom stereocenters. The molecule has 0 radical (unpaired) electrons. The molecule has 0 unspecified atom stereocenters. The van der Waals surface area contributed by atoms with Crippen molar-refractivity contribution in [2.45, 2.75) is 4.90 Å². The van der Waals surface area contributed by atoms with Crippen LogP contribution in [0, 0.1) is 10.1 Å². The molecule has 0 fully saturated rings. The van der Waals surface area contributed by atoms with E-state index in [9.17, 15) is 10.1 Å². The Balaban J connectivity index is 2.12. The second kappa shape index (κ2) is 4.46. The summed E-state index contributed by atoms with van der Waals surface area (Å²) in [5.74, 6) is 0. The second-order valence-electron chi connectivity index (χ2n) is 4.33. The number of hydrogen-bond acceptors (Lipinski definition) is 9. The van der Waals surface area contributed by atoms with Gasteiger partial charge >= 0.3 is 5.69 Å². The van der Waals surface area contributed by atoms with E-state index in [1.807, 2.05) is 0 Å². The molecule has 0 spiro atoms. The van der Waals surface area contributed by atoms with Crippen LogP contribution in [0.1, 0.15) is 0 Å². The predicted octanol–water partition coefficient (Wildman–Crippen LogP) is 1.55. The molecule has 1 aromatic carbocycles.